The first-order chi connectivity index (χ1) is 8.79. The maximum atomic E-state index is 5.16. The molecule has 0 radical (unpaired) electrons. The van der Waals surface area contributed by atoms with Crippen LogP contribution in [0.4, 0.5) is 5.95 Å². The highest BCUT2D eigenvalue weighted by molar-refractivity contribution is 5.29. The number of ether oxygens (including phenoxy) is 1. The van der Waals surface area contributed by atoms with Gasteiger partial charge in [0.15, 0.2) is 0 Å². The van der Waals surface area contributed by atoms with Crippen molar-refractivity contribution in [2.75, 3.05) is 31.7 Å². The number of aromatic nitrogens is 2. The van der Waals surface area contributed by atoms with E-state index in [-0.39, 0.29) is 0 Å². The third kappa shape index (κ3) is 3.65. The van der Waals surface area contributed by atoms with E-state index in [0.717, 1.165) is 25.6 Å². The quantitative estimate of drug-likeness (QED) is 0.847. The lowest BCUT2D eigenvalue weighted by molar-refractivity contribution is 0.164. The lowest BCUT2D eigenvalue weighted by Crippen LogP contribution is -2.49. The number of nitrogens with zero attached hydrogens (tertiary/aromatic N) is 3. The molecular weight excluding hydrogens is 228 g/mol. The van der Waals surface area contributed by atoms with Gasteiger partial charge in [-0.25, -0.2) is 9.97 Å². The predicted octanol–water partition coefficient (Wildman–Crippen LogP) is 1.07. The van der Waals surface area contributed by atoms with Gasteiger partial charge < -0.3 is 15.0 Å². The fraction of sp³-hybridized carbons (Fsp3) is 0.692. The van der Waals surface area contributed by atoms with Gasteiger partial charge >= 0.3 is 0 Å². The van der Waals surface area contributed by atoms with Crippen LogP contribution in [-0.2, 0) is 4.74 Å². The standard InChI is InChI=1S/C13H22N4O/c1-11(10-18-2)16-12-5-3-8-17(9-12)13-14-6-4-7-15-13/h4,6-7,11-12,16H,3,5,8-10H2,1-2H3. The Balaban J connectivity index is 1.89. The van der Waals surface area contributed by atoms with Gasteiger partial charge in [-0.2, -0.15) is 0 Å². The zero-order valence-electron chi connectivity index (χ0n) is 11.2. The Labute approximate surface area is 109 Å². The second-order valence-corrected chi connectivity index (χ2v) is 4.86. The van der Waals surface area contributed by atoms with Crippen LogP contribution in [0.2, 0.25) is 0 Å². The van der Waals surface area contributed by atoms with Gasteiger partial charge in [-0.1, -0.05) is 0 Å². The minimum atomic E-state index is 0.386. The van der Waals surface area contributed by atoms with Crippen molar-refractivity contribution in [3.8, 4) is 0 Å². The summed E-state index contributed by atoms with van der Waals surface area (Å²) in [4.78, 5) is 10.9. The summed E-state index contributed by atoms with van der Waals surface area (Å²) in [5, 5.41) is 3.60. The van der Waals surface area contributed by atoms with Crippen molar-refractivity contribution in [3.63, 3.8) is 0 Å². The number of hydrogen-bond acceptors (Lipinski definition) is 5. The van der Waals surface area contributed by atoms with Crippen LogP contribution in [0.1, 0.15) is 19.8 Å². The summed E-state index contributed by atoms with van der Waals surface area (Å²) >= 11 is 0. The Morgan fingerprint density at radius 1 is 1.50 bits per heavy atom. The summed E-state index contributed by atoms with van der Waals surface area (Å²) in [6.07, 6.45) is 5.98. The average Bonchev–Trinajstić information content (AvgIpc) is 2.40. The highest BCUT2D eigenvalue weighted by Gasteiger charge is 2.22. The van der Waals surface area contributed by atoms with Crippen molar-refractivity contribution in [1.29, 1.82) is 0 Å². The Kier molecular flexibility index (Phi) is 4.90. The van der Waals surface area contributed by atoms with Crippen LogP contribution >= 0.6 is 0 Å². The molecule has 5 heteroatoms. The molecule has 1 aliphatic rings. The normalized spacial score (nSPS) is 21.9. The molecular formula is C13H22N4O. The van der Waals surface area contributed by atoms with E-state index in [9.17, 15) is 0 Å². The Bertz CT molecular complexity index is 346. The Hall–Kier alpha value is -1.20. The molecule has 2 rings (SSSR count). The summed E-state index contributed by atoms with van der Waals surface area (Å²) in [7, 11) is 1.74. The van der Waals surface area contributed by atoms with Gasteiger partial charge in [-0.05, 0) is 25.8 Å². The number of nitrogens with one attached hydrogen (secondary N) is 1. The van der Waals surface area contributed by atoms with Crippen LogP contribution in [0, 0.1) is 0 Å². The van der Waals surface area contributed by atoms with Gasteiger partial charge in [0, 0.05) is 44.7 Å². The molecule has 2 atom stereocenters. The second-order valence-electron chi connectivity index (χ2n) is 4.86. The molecule has 0 saturated carbocycles. The number of rotatable bonds is 5. The minimum Gasteiger partial charge on any atom is -0.383 e. The van der Waals surface area contributed by atoms with Crippen molar-refractivity contribution in [3.05, 3.63) is 18.5 Å². The molecule has 1 fully saturated rings. The number of methoxy groups -OCH3 is 1. The lowest BCUT2D eigenvalue weighted by atomic mass is 10.1. The molecule has 1 aromatic rings. The van der Waals surface area contributed by atoms with Crippen LogP contribution in [0.15, 0.2) is 18.5 Å². The molecule has 0 bridgehead atoms. The number of hydrogen-bond donors (Lipinski definition) is 1. The van der Waals surface area contributed by atoms with E-state index < -0.39 is 0 Å². The second kappa shape index (κ2) is 6.66. The predicted molar refractivity (Wildman–Crippen MR) is 71.7 cm³/mol. The van der Waals surface area contributed by atoms with E-state index in [1.54, 1.807) is 19.5 Å². The fourth-order valence-electron chi connectivity index (χ4n) is 2.45. The van der Waals surface area contributed by atoms with E-state index in [0.29, 0.717) is 12.1 Å². The molecule has 1 saturated heterocycles. The molecule has 100 valence electrons. The Morgan fingerprint density at radius 2 is 2.28 bits per heavy atom. The van der Waals surface area contributed by atoms with Crippen LogP contribution < -0.4 is 10.2 Å². The summed E-state index contributed by atoms with van der Waals surface area (Å²) in [5.41, 5.74) is 0. The van der Waals surface area contributed by atoms with Gasteiger partial charge in [0.25, 0.3) is 0 Å². The molecule has 1 N–H and O–H groups in total. The van der Waals surface area contributed by atoms with Crippen LogP contribution in [-0.4, -0.2) is 48.9 Å². The highest BCUT2D eigenvalue weighted by atomic mass is 16.5. The van der Waals surface area contributed by atoms with E-state index in [1.807, 2.05) is 6.07 Å². The van der Waals surface area contributed by atoms with E-state index in [1.165, 1.54) is 12.8 Å². The van der Waals surface area contributed by atoms with Crippen LogP contribution in [0.25, 0.3) is 0 Å². The highest BCUT2D eigenvalue weighted by Crippen LogP contribution is 2.15. The first kappa shape index (κ1) is 13.2. The first-order valence-corrected chi connectivity index (χ1v) is 6.56. The molecule has 0 aromatic carbocycles. The van der Waals surface area contributed by atoms with Crippen LogP contribution in [0.3, 0.4) is 0 Å². The molecule has 1 aliphatic heterocycles. The zero-order chi connectivity index (χ0) is 12.8. The summed E-state index contributed by atoms with van der Waals surface area (Å²) in [6.45, 7) is 4.92. The summed E-state index contributed by atoms with van der Waals surface area (Å²) in [6, 6.07) is 2.73. The first-order valence-electron chi connectivity index (χ1n) is 6.56. The third-order valence-electron chi connectivity index (χ3n) is 3.19. The van der Waals surface area contributed by atoms with Crippen molar-refractivity contribution in [1.82, 2.24) is 15.3 Å². The molecule has 5 nitrogen and oxygen atoms in total. The van der Waals surface area contributed by atoms with Gasteiger partial charge in [-0.3, -0.25) is 0 Å². The lowest BCUT2D eigenvalue weighted by Gasteiger charge is -2.34. The SMILES string of the molecule is COCC(C)NC1CCCN(c2ncccn2)C1. The molecule has 1 aromatic heterocycles. The largest absolute Gasteiger partial charge is 0.383 e. The molecule has 0 spiro atoms. The monoisotopic (exact) mass is 250 g/mol. The van der Waals surface area contributed by atoms with Crippen molar-refractivity contribution < 1.29 is 4.74 Å². The van der Waals surface area contributed by atoms with E-state index in [4.69, 9.17) is 4.74 Å². The maximum Gasteiger partial charge on any atom is 0.225 e. The van der Waals surface area contributed by atoms with Crippen molar-refractivity contribution in [2.45, 2.75) is 31.8 Å². The van der Waals surface area contributed by atoms with E-state index >= 15 is 0 Å². The number of anilines is 1. The third-order valence-corrected chi connectivity index (χ3v) is 3.19. The molecule has 18 heavy (non-hydrogen) atoms. The smallest absolute Gasteiger partial charge is 0.225 e. The Morgan fingerprint density at radius 3 is 3.00 bits per heavy atom. The van der Waals surface area contributed by atoms with Gasteiger partial charge in [0.2, 0.25) is 5.95 Å². The topological polar surface area (TPSA) is 50.3 Å². The average molecular weight is 250 g/mol. The van der Waals surface area contributed by atoms with Gasteiger partial charge in [-0.15, -0.1) is 0 Å². The van der Waals surface area contributed by atoms with Gasteiger partial charge in [0.05, 0.1) is 6.61 Å². The molecule has 0 aliphatic carbocycles. The number of piperidine rings is 1. The molecule has 2 unspecified atom stereocenters. The van der Waals surface area contributed by atoms with E-state index in [2.05, 4.69) is 27.1 Å². The minimum absolute atomic E-state index is 0.386. The summed E-state index contributed by atoms with van der Waals surface area (Å²) < 4.78 is 5.16. The zero-order valence-corrected chi connectivity index (χ0v) is 11.2. The molecule has 0 amide bonds. The van der Waals surface area contributed by atoms with Crippen LogP contribution in [0.5, 0.6) is 0 Å². The van der Waals surface area contributed by atoms with Crippen molar-refractivity contribution in [2.24, 2.45) is 0 Å². The van der Waals surface area contributed by atoms with Crippen molar-refractivity contribution >= 4 is 5.95 Å². The fourth-order valence-corrected chi connectivity index (χ4v) is 2.45. The molecule has 2 heterocycles. The maximum absolute atomic E-state index is 5.16. The summed E-state index contributed by atoms with van der Waals surface area (Å²) in [5.74, 6) is 0.836. The van der Waals surface area contributed by atoms with Gasteiger partial charge in [0.1, 0.15) is 0 Å².